The number of carbonyl (C=O) groups excluding carboxylic acids is 1. The fourth-order valence-electron chi connectivity index (χ4n) is 2.39. The normalized spacial score (nSPS) is 19.2. The van der Waals surface area contributed by atoms with E-state index >= 15 is 0 Å². The highest BCUT2D eigenvalue weighted by molar-refractivity contribution is 8.15. The fourth-order valence-corrected chi connectivity index (χ4v) is 3.75. The molecule has 0 aliphatic carbocycles. The number of amidine groups is 1. The molecule has 7 heteroatoms. The lowest BCUT2D eigenvalue weighted by atomic mass is 10.1. The second-order valence-corrected chi connectivity index (χ2v) is 6.93. The molecule has 128 valence electrons. The highest BCUT2D eigenvalue weighted by Gasteiger charge is 2.37. The zero-order chi connectivity index (χ0) is 17.6. The van der Waals surface area contributed by atoms with Crippen LogP contribution in [-0.4, -0.2) is 34.0 Å². The van der Waals surface area contributed by atoms with Crippen LogP contribution < -0.4 is 0 Å². The average molecular weight is 374 g/mol. The molecule has 2 heterocycles. The molecule has 5 nitrogen and oxygen atoms in total. The third-order valence-corrected chi connectivity index (χ3v) is 4.91. The van der Waals surface area contributed by atoms with Crippen molar-refractivity contribution in [3.05, 3.63) is 71.7 Å². The van der Waals surface area contributed by atoms with Crippen molar-refractivity contribution in [1.29, 1.82) is 0 Å². The third kappa shape index (κ3) is 4.41. The zero-order valence-corrected chi connectivity index (χ0v) is 14.9. The maximum atomic E-state index is 12.7. The van der Waals surface area contributed by atoms with Crippen LogP contribution in [0, 0.1) is 0 Å². The predicted octanol–water partition coefficient (Wildman–Crippen LogP) is 4.00. The molecular formula is C18H16ClN3O2S. The highest BCUT2D eigenvalue weighted by Crippen LogP contribution is 2.30. The van der Waals surface area contributed by atoms with Gasteiger partial charge in [-0.15, -0.1) is 11.7 Å². The van der Waals surface area contributed by atoms with Crippen molar-refractivity contribution in [2.24, 2.45) is 10.2 Å². The molecule has 1 amide bonds. The second kappa shape index (κ2) is 8.18. The van der Waals surface area contributed by atoms with Crippen molar-refractivity contribution in [1.82, 2.24) is 4.90 Å². The van der Waals surface area contributed by atoms with Crippen LogP contribution in [0.2, 0.25) is 5.02 Å². The lowest BCUT2D eigenvalue weighted by molar-refractivity contribution is -0.125. The van der Waals surface area contributed by atoms with Gasteiger partial charge in [0.15, 0.2) is 5.17 Å². The van der Waals surface area contributed by atoms with Crippen LogP contribution >= 0.6 is 23.4 Å². The number of thioether (sulfide) groups is 1. The maximum Gasteiger partial charge on any atom is 0.242 e. The molecule has 1 aliphatic heterocycles. The molecule has 0 unspecified atom stereocenters. The van der Waals surface area contributed by atoms with Crippen LogP contribution in [0.15, 0.2) is 69.9 Å². The van der Waals surface area contributed by atoms with Gasteiger partial charge in [-0.1, -0.05) is 41.6 Å². The van der Waals surface area contributed by atoms with Crippen molar-refractivity contribution in [3.63, 3.8) is 0 Å². The molecule has 0 N–H and O–H groups in total. The maximum absolute atomic E-state index is 12.7. The SMILES string of the molecule is C=CCN1C(=O)[C@H](Cc2cccc(Cl)c2)S/C1=N/N=C\c1ccco1. The Morgan fingerprint density at radius 2 is 2.24 bits per heavy atom. The Hall–Kier alpha value is -2.31. The summed E-state index contributed by atoms with van der Waals surface area (Å²) in [6.45, 7) is 4.10. The first-order valence-electron chi connectivity index (χ1n) is 7.65. The first-order valence-corrected chi connectivity index (χ1v) is 8.91. The van der Waals surface area contributed by atoms with E-state index in [2.05, 4.69) is 16.8 Å². The molecular weight excluding hydrogens is 358 g/mol. The van der Waals surface area contributed by atoms with Crippen molar-refractivity contribution >= 4 is 40.7 Å². The summed E-state index contributed by atoms with van der Waals surface area (Å²) < 4.78 is 5.17. The predicted molar refractivity (Wildman–Crippen MR) is 102 cm³/mol. The minimum Gasteiger partial charge on any atom is -0.463 e. The van der Waals surface area contributed by atoms with E-state index in [0.717, 1.165) is 5.56 Å². The summed E-state index contributed by atoms with van der Waals surface area (Å²) >= 11 is 7.42. The molecule has 25 heavy (non-hydrogen) atoms. The second-order valence-electron chi connectivity index (χ2n) is 5.32. The molecule has 0 radical (unpaired) electrons. The summed E-state index contributed by atoms with van der Waals surface area (Å²) in [6, 6.07) is 11.1. The number of hydrogen-bond acceptors (Lipinski definition) is 5. The summed E-state index contributed by atoms with van der Waals surface area (Å²) in [7, 11) is 0. The van der Waals surface area contributed by atoms with E-state index in [9.17, 15) is 4.79 Å². The van der Waals surface area contributed by atoms with Gasteiger partial charge in [0.1, 0.15) is 5.76 Å². The standard InChI is InChI=1S/C18H16ClN3O2S/c1-2-8-22-17(23)16(11-13-5-3-6-14(19)10-13)25-18(22)21-20-12-15-7-4-9-24-15/h2-7,9-10,12,16H,1,8,11H2/b20-12-,21-18+/t16-/m0/s1. The number of furan rings is 1. The van der Waals surface area contributed by atoms with Crippen LogP contribution in [0.1, 0.15) is 11.3 Å². The molecule has 1 aromatic heterocycles. The van der Waals surface area contributed by atoms with Gasteiger partial charge in [0, 0.05) is 11.6 Å². The highest BCUT2D eigenvalue weighted by atomic mass is 35.5. The van der Waals surface area contributed by atoms with Gasteiger partial charge in [0.05, 0.1) is 17.7 Å². The molecule has 2 aromatic rings. The molecule has 1 aliphatic rings. The van der Waals surface area contributed by atoms with Crippen LogP contribution in [0.25, 0.3) is 0 Å². The van der Waals surface area contributed by atoms with Gasteiger partial charge < -0.3 is 4.42 Å². The number of amides is 1. The number of benzene rings is 1. The average Bonchev–Trinajstić information content (AvgIpc) is 3.20. The molecule has 0 bridgehead atoms. The minimum absolute atomic E-state index is 0.00294. The lowest BCUT2D eigenvalue weighted by Gasteiger charge is -2.12. The molecule has 1 fully saturated rings. The van der Waals surface area contributed by atoms with Crippen molar-refractivity contribution < 1.29 is 9.21 Å². The van der Waals surface area contributed by atoms with Gasteiger partial charge >= 0.3 is 0 Å². The minimum atomic E-state index is -0.254. The Balaban J connectivity index is 1.76. The van der Waals surface area contributed by atoms with E-state index in [-0.39, 0.29) is 11.2 Å². The van der Waals surface area contributed by atoms with Crippen LogP contribution in [0.3, 0.4) is 0 Å². The van der Waals surface area contributed by atoms with Gasteiger partial charge in [-0.25, -0.2) is 0 Å². The Bertz CT molecular complexity index is 817. The van der Waals surface area contributed by atoms with E-state index in [1.165, 1.54) is 18.0 Å². The summed E-state index contributed by atoms with van der Waals surface area (Å²) in [4.78, 5) is 14.2. The van der Waals surface area contributed by atoms with Gasteiger partial charge in [0.25, 0.3) is 0 Å². The van der Waals surface area contributed by atoms with Gasteiger partial charge in [-0.05, 0) is 36.2 Å². The Labute approximate surface area is 155 Å². The lowest BCUT2D eigenvalue weighted by Crippen LogP contribution is -2.32. The van der Waals surface area contributed by atoms with E-state index in [4.69, 9.17) is 16.0 Å². The number of rotatable bonds is 6. The molecule has 0 spiro atoms. The van der Waals surface area contributed by atoms with Crippen molar-refractivity contribution in [3.8, 4) is 0 Å². The van der Waals surface area contributed by atoms with E-state index in [1.54, 1.807) is 29.4 Å². The fraction of sp³-hybridized carbons (Fsp3) is 0.167. The van der Waals surface area contributed by atoms with Gasteiger partial charge in [-0.2, -0.15) is 5.10 Å². The summed E-state index contributed by atoms with van der Waals surface area (Å²) in [5, 5.41) is 9.16. The number of nitrogens with zero attached hydrogens (tertiary/aromatic N) is 3. The van der Waals surface area contributed by atoms with Crippen LogP contribution in [-0.2, 0) is 11.2 Å². The summed E-state index contributed by atoms with van der Waals surface area (Å²) in [5.41, 5.74) is 1.01. The summed E-state index contributed by atoms with van der Waals surface area (Å²) in [6.07, 6.45) is 5.33. The largest absolute Gasteiger partial charge is 0.463 e. The number of carbonyl (C=O) groups is 1. The van der Waals surface area contributed by atoms with Gasteiger partial charge in [0.2, 0.25) is 5.91 Å². The van der Waals surface area contributed by atoms with Crippen LogP contribution in [0.4, 0.5) is 0 Å². The number of halogens is 1. The Morgan fingerprint density at radius 1 is 1.36 bits per heavy atom. The molecule has 3 rings (SSSR count). The first kappa shape index (κ1) is 17.5. The smallest absolute Gasteiger partial charge is 0.242 e. The van der Waals surface area contributed by atoms with E-state index < -0.39 is 0 Å². The quantitative estimate of drug-likeness (QED) is 0.437. The summed E-state index contributed by atoms with van der Waals surface area (Å²) in [5.74, 6) is 0.598. The van der Waals surface area contributed by atoms with E-state index in [0.29, 0.717) is 28.9 Å². The van der Waals surface area contributed by atoms with E-state index in [1.807, 2.05) is 24.3 Å². The number of hydrogen-bond donors (Lipinski definition) is 0. The van der Waals surface area contributed by atoms with Crippen molar-refractivity contribution in [2.45, 2.75) is 11.7 Å². The molecule has 1 saturated heterocycles. The molecule has 1 aromatic carbocycles. The third-order valence-electron chi connectivity index (χ3n) is 3.51. The van der Waals surface area contributed by atoms with Gasteiger partial charge in [-0.3, -0.25) is 9.69 Å². The van der Waals surface area contributed by atoms with Crippen molar-refractivity contribution in [2.75, 3.05) is 6.54 Å². The Morgan fingerprint density at radius 3 is 2.96 bits per heavy atom. The monoisotopic (exact) mass is 373 g/mol. The zero-order valence-electron chi connectivity index (χ0n) is 13.3. The Kier molecular flexibility index (Phi) is 5.73. The molecule has 1 atom stereocenters. The topological polar surface area (TPSA) is 58.2 Å². The first-order chi connectivity index (χ1) is 12.2. The molecule has 0 saturated carbocycles. The van der Waals surface area contributed by atoms with Crippen LogP contribution in [0.5, 0.6) is 0 Å².